The normalized spacial score (nSPS) is 12.7. The van der Waals surface area contributed by atoms with Crippen molar-refractivity contribution in [1.82, 2.24) is 9.97 Å². The molecule has 5 nitrogen and oxygen atoms in total. The molecular weight excluding hydrogens is 435 g/mol. The molecule has 0 fully saturated rings. The Morgan fingerprint density at radius 2 is 1.78 bits per heavy atom. The van der Waals surface area contributed by atoms with Crippen LogP contribution in [0, 0.1) is 0 Å². The van der Waals surface area contributed by atoms with Crippen molar-refractivity contribution in [1.29, 1.82) is 0 Å². The number of pyridine rings is 1. The Morgan fingerprint density at radius 3 is 2.50 bits per heavy atom. The SMILES string of the molecule is CNc1cc2cc(-c3cnc(NCC(N)Cc4ccc(C(F)(F)F)cc4)s3)ccc2cn1. The van der Waals surface area contributed by atoms with Crippen molar-refractivity contribution in [3.8, 4) is 10.4 Å². The first-order valence-electron chi connectivity index (χ1n) is 10.0. The van der Waals surface area contributed by atoms with E-state index in [1.54, 1.807) is 0 Å². The van der Waals surface area contributed by atoms with Crippen LogP contribution in [-0.2, 0) is 12.6 Å². The molecule has 0 aliphatic heterocycles. The standard InChI is InChI=1S/C23H22F3N5S/c1-28-21-10-17-9-15(4-5-16(17)11-29-21)20-13-31-22(32-20)30-12-19(27)8-14-2-6-18(7-3-14)23(24,25)26/h2-7,9-11,13,19H,8,12,27H2,1H3,(H,28,29)(H,30,31). The average Bonchev–Trinajstić information content (AvgIpc) is 3.26. The molecule has 0 radical (unpaired) electrons. The molecule has 0 aliphatic carbocycles. The summed E-state index contributed by atoms with van der Waals surface area (Å²) < 4.78 is 38.0. The summed E-state index contributed by atoms with van der Waals surface area (Å²) in [4.78, 5) is 9.77. The van der Waals surface area contributed by atoms with Gasteiger partial charge in [0.05, 0.1) is 10.4 Å². The lowest BCUT2D eigenvalue weighted by molar-refractivity contribution is -0.137. The minimum absolute atomic E-state index is 0.257. The maximum absolute atomic E-state index is 12.7. The van der Waals surface area contributed by atoms with Gasteiger partial charge in [0.15, 0.2) is 5.13 Å². The molecule has 0 saturated carbocycles. The van der Waals surface area contributed by atoms with Gasteiger partial charge in [-0.3, -0.25) is 0 Å². The first kappa shape index (κ1) is 22.0. The summed E-state index contributed by atoms with van der Waals surface area (Å²) in [5.41, 5.74) is 7.33. The van der Waals surface area contributed by atoms with Crippen LogP contribution in [0.3, 0.4) is 0 Å². The number of halogens is 3. The Bertz CT molecular complexity index is 1200. The number of nitrogens with two attached hydrogens (primary N) is 1. The summed E-state index contributed by atoms with van der Waals surface area (Å²) in [5, 5.41) is 9.16. The van der Waals surface area contributed by atoms with Crippen molar-refractivity contribution in [2.45, 2.75) is 18.6 Å². The highest BCUT2D eigenvalue weighted by atomic mass is 32.1. The van der Waals surface area contributed by atoms with Crippen molar-refractivity contribution in [2.75, 3.05) is 24.2 Å². The summed E-state index contributed by atoms with van der Waals surface area (Å²) in [6, 6.07) is 13.0. The third-order valence-corrected chi connectivity index (χ3v) is 6.07. The second-order valence-corrected chi connectivity index (χ2v) is 8.48. The molecule has 1 atom stereocenters. The van der Waals surface area contributed by atoms with Gasteiger partial charge in [-0.25, -0.2) is 9.97 Å². The molecule has 2 aromatic carbocycles. The predicted octanol–water partition coefficient (Wildman–Crippen LogP) is 5.40. The van der Waals surface area contributed by atoms with Crippen molar-refractivity contribution in [3.05, 3.63) is 72.1 Å². The van der Waals surface area contributed by atoms with E-state index < -0.39 is 11.7 Å². The highest BCUT2D eigenvalue weighted by molar-refractivity contribution is 7.18. The van der Waals surface area contributed by atoms with Crippen LogP contribution in [0.25, 0.3) is 21.2 Å². The molecule has 32 heavy (non-hydrogen) atoms. The van der Waals surface area contributed by atoms with E-state index in [-0.39, 0.29) is 6.04 Å². The van der Waals surface area contributed by atoms with Crippen molar-refractivity contribution >= 4 is 33.1 Å². The summed E-state index contributed by atoms with van der Waals surface area (Å²) in [7, 11) is 1.83. The zero-order valence-electron chi connectivity index (χ0n) is 17.3. The first-order chi connectivity index (χ1) is 15.3. The second kappa shape index (κ2) is 9.13. The van der Waals surface area contributed by atoms with E-state index >= 15 is 0 Å². The number of alkyl halides is 3. The van der Waals surface area contributed by atoms with Crippen molar-refractivity contribution < 1.29 is 13.2 Å². The van der Waals surface area contributed by atoms with E-state index in [1.807, 2.05) is 37.6 Å². The van der Waals surface area contributed by atoms with Gasteiger partial charge in [0.25, 0.3) is 0 Å². The lowest BCUT2D eigenvalue weighted by Crippen LogP contribution is -2.31. The largest absolute Gasteiger partial charge is 0.416 e. The van der Waals surface area contributed by atoms with Gasteiger partial charge in [-0.05, 0) is 47.2 Å². The van der Waals surface area contributed by atoms with Crippen LogP contribution in [0.5, 0.6) is 0 Å². The maximum Gasteiger partial charge on any atom is 0.416 e. The molecule has 1 unspecified atom stereocenters. The number of hydrogen-bond acceptors (Lipinski definition) is 6. The molecule has 2 aromatic heterocycles. The summed E-state index contributed by atoms with van der Waals surface area (Å²) in [5.74, 6) is 0.809. The van der Waals surface area contributed by atoms with Gasteiger partial charge in [0.1, 0.15) is 5.82 Å². The summed E-state index contributed by atoms with van der Waals surface area (Å²) >= 11 is 1.52. The van der Waals surface area contributed by atoms with E-state index in [2.05, 4.69) is 26.7 Å². The lowest BCUT2D eigenvalue weighted by Gasteiger charge is -2.13. The summed E-state index contributed by atoms with van der Waals surface area (Å²) in [6.45, 7) is 0.461. The topological polar surface area (TPSA) is 75.9 Å². The number of hydrogen-bond donors (Lipinski definition) is 3. The highest BCUT2D eigenvalue weighted by Gasteiger charge is 2.29. The zero-order valence-corrected chi connectivity index (χ0v) is 18.1. The number of benzene rings is 2. The van der Waals surface area contributed by atoms with Gasteiger partial charge in [-0.1, -0.05) is 35.6 Å². The highest BCUT2D eigenvalue weighted by Crippen LogP contribution is 2.32. The fourth-order valence-corrected chi connectivity index (χ4v) is 4.16. The minimum atomic E-state index is -4.33. The van der Waals surface area contributed by atoms with Gasteiger partial charge in [0, 0.05) is 37.4 Å². The molecule has 9 heteroatoms. The van der Waals surface area contributed by atoms with Gasteiger partial charge in [0.2, 0.25) is 0 Å². The smallest absolute Gasteiger partial charge is 0.373 e. The molecule has 166 valence electrons. The molecule has 0 bridgehead atoms. The molecule has 0 saturated heterocycles. The molecule has 2 heterocycles. The van der Waals surface area contributed by atoms with E-state index in [0.717, 1.165) is 49.9 Å². The Morgan fingerprint density at radius 1 is 1.00 bits per heavy atom. The van der Waals surface area contributed by atoms with Crippen molar-refractivity contribution in [2.24, 2.45) is 5.73 Å². The first-order valence-corrected chi connectivity index (χ1v) is 10.8. The van der Waals surface area contributed by atoms with E-state index in [9.17, 15) is 13.2 Å². The van der Waals surface area contributed by atoms with Crippen LogP contribution in [-0.4, -0.2) is 29.6 Å². The molecule has 4 rings (SSSR count). The zero-order chi connectivity index (χ0) is 22.7. The van der Waals surface area contributed by atoms with Crippen LogP contribution in [0.4, 0.5) is 24.1 Å². The fraction of sp³-hybridized carbons (Fsp3) is 0.217. The third-order valence-electron chi connectivity index (χ3n) is 5.06. The van der Waals surface area contributed by atoms with Crippen LogP contribution in [0.15, 0.2) is 60.9 Å². The van der Waals surface area contributed by atoms with Gasteiger partial charge in [-0.2, -0.15) is 13.2 Å². The van der Waals surface area contributed by atoms with E-state index in [4.69, 9.17) is 5.73 Å². The van der Waals surface area contributed by atoms with Gasteiger partial charge < -0.3 is 16.4 Å². The fourth-order valence-electron chi connectivity index (χ4n) is 3.34. The Hall–Kier alpha value is -3.17. The average molecular weight is 458 g/mol. The second-order valence-electron chi connectivity index (χ2n) is 7.45. The quantitative estimate of drug-likeness (QED) is 0.346. The number of fused-ring (bicyclic) bond motifs is 1. The van der Waals surface area contributed by atoms with Gasteiger partial charge >= 0.3 is 6.18 Å². The lowest BCUT2D eigenvalue weighted by atomic mass is 10.0. The van der Waals surface area contributed by atoms with Gasteiger partial charge in [-0.15, -0.1) is 0 Å². The Balaban J connectivity index is 1.37. The molecular formula is C23H22F3N5S. The van der Waals surface area contributed by atoms with Crippen LogP contribution >= 0.6 is 11.3 Å². The number of nitrogens with zero attached hydrogens (tertiary/aromatic N) is 2. The van der Waals surface area contributed by atoms with Crippen LogP contribution < -0.4 is 16.4 Å². The number of rotatable bonds is 7. The van der Waals surface area contributed by atoms with E-state index in [1.165, 1.54) is 23.5 Å². The van der Waals surface area contributed by atoms with Crippen molar-refractivity contribution in [3.63, 3.8) is 0 Å². The number of anilines is 2. The van der Waals surface area contributed by atoms with E-state index in [0.29, 0.717) is 13.0 Å². The maximum atomic E-state index is 12.7. The number of aromatic nitrogens is 2. The third kappa shape index (κ3) is 5.17. The Labute approximate surface area is 187 Å². The molecule has 4 aromatic rings. The van der Waals surface area contributed by atoms with Crippen LogP contribution in [0.2, 0.25) is 0 Å². The summed E-state index contributed by atoms with van der Waals surface area (Å²) in [6.07, 6.45) is -0.212. The van der Waals surface area contributed by atoms with Crippen LogP contribution in [0.1, 0.15) is 11.1 Å². The predicted molar refractivity (Wildman–Crippen MR) is 124 cm³/mol. The number of thiazole rings is 1. The molecule has 0 aliphatic rings. The monoisotopic (exact) mass is 457 g/mol. The molecule has 4 N–H and O–H groups in total. The Kier molecular flexibility index (Phi) is 6.29. The molecule has 0 spiro atoms. The minimum Gasteiger partial charge on any atom is -0.373 e. The number of nitrogens with one attached hydrogen (secondary N) is 2. The molecule has 0 amide bonds.